The van der Waals surface area contributed by atoms with Gasteiger partial charge in [0, 0.05) is 17.1 Å². The molecule has 3 heteroatoms. The Morgan fingerprint density at radius 2 is 1.62 bits per heavy atom. The number of pyridine rings is 2. The lowest BCUT2D eigenvalue weighted by molar-refractivity contribution is 0.242. The van der Waals surface area contributed by atoms with Crippen LogP contribution >= 0.6 is 0 Å². The van der Waals surface area contributed by atoms with Crippen LogP contribution in [0.3, 0.4) is 0 Å². The largest absolute Gasteiger partial charge is 0.491 e. The summed E-state index contributed by atoms with van der Waals surface area (Å²) in [6, 6.07) is 20.9. The quantitative estimate of drug-likeness (QED) is 0.389. The second kappa shape index (κ2) is 8.04. The minimum absolute atomic E-state index is 0.174. The molecular formula is C26H26N2O. The smallest absolute Gasteiger partial charge is 0.119 e. The Morgan fingerprint density at radius 1 is 0.862 bits per heavy atom. The van der Waals surface area contributed by atoms with Crippen LogP contribution in [-0.4, -0.2) is 16.1 Å². The van der Waals surface area contributed by atoms with Gasteiger partial charge in [-0.15, -0.1) is 0 Å². The summed E-state index contributed by atoms with van der Waals surface area (Å²) >= 11 is 0. The topological polar surface area (TPSA) is 35.0 Å². The number of ether oxygens (including phenoxy) is 1. The summed E-state index contributed by atoms with van der Waals surface area (Å²) in [5, 5.41) is 1.23. The highest BCUT2D eigenvalue weighted by Gasteiger charge is 2.09. The van der Waals surface area contributed by atoms with Gasteiger partial charge in [-0.25, -0.2) is 4.98 Å². The molecule has 146 valence electrons. The fourth-order valence-corrected chi connectivity index (χ4v) is 3.55. The number of hydrogen-bond acceptors (Lipinski definition) is 3. The Balaban J connectivity index is 1.65. The zero-order valence-electron chi connectivity index (χ0n) is 17.4. The van der Waals surface area contributed by atoms with Gasteiger partial charge >= 0.3 is 0 Å². The van der Waals surface area contributed by atoms with Gasteiger partial charge in [0.1, 0.15) is 5.75 Å². The molecule has 2 aromatic heterocycles. The predicted octanol–water partition coefficient (Wildman–Crippen LogP) is 6.62. The van der Waals surface area contributed by atoms with Crippen LogP contribution in [-0.2, 0) is 6.42 Å². The summed E-state index contributed by atoms with van der Waals surface area (Å²) in [5.74, 6) is 0.885. The van der Waals surface area contributed by atoms with E-state index in [0.717, 1.165) is 40.2 Å². The highest BCUT2D eigenvalue weighted by atomic mass is 16.5. The van der Waals surface area contributed by atoms with Crippen molar-refractivity contribution < 1.29 is 4.74 Å². The van der Waals surface area contributed by atoms with Crippen LogP contribution in [0.15, 0.2) is 66.9 Å². The second-order valence-electron chi connectivity index (χ2n) is 7.66. The van der Waals surface area contributed by atoms with Gasteiger partial charge in [-0.3, -0.25) is 4.98 Å². The lowest BCUT2D eigenvalue weighted by Crippen LogP contribution is -2.05. The van der Waals surface area contributed by atoms with E-state index in [1.165, 1.54) is 16.5 Å². The van der Waals surface area contributed by atoms with Crippen LogP contribution in [0.1, 0.15) is 31.9 Å². The van der Waals surface area contributed by atoms with Crippen molar-refractivity contribution in [3.05, 3.63) is 78.0 Å². The maximum atomic E-state index is 5.72. The summed E-state index contributed by atoms with van der Waals surface area (Å²) < 4.78 is 5.72. The van der Waals surface area contributed by atoms with Crippen molar-refractivity contribution in [3.8, 4) is 28.3 Å². The molecule has 2 heterocycles. The normalized spacial score (nSPS) is 11.2. The fraction of sp³-hybridized carbons (Fsp3) is 0.231. The lowest BCUT2D eigenvalue weighted by atomic mass is 10.0. The minimum Gasteiger partial charge on any atom is -0.491 e. The summed E-state index contributed by atoms with van der Waals surface area (Å²) in [5.41, 5.74) is 7.61. The molecule has 0 aliphatic rings. The third-order valence-electron chi connectivity index (χ3n) is 5.02. The van der Waals surface area contributed by atoms with E-state index in [1.807, 2.05) is 32.2 Å². The molecule has 0 spiro atoms. The van der Waals surface area contributed by atoms with Crippen molar-refractivity contribution in [2.45, 2.75) is 40.2 Å². The highest BCUT2D eigenvalue weighted by Crippen LogP contribution is 2.27. The van der Waals surface area contributed by atoms with E-state index in [2.05, 4.69) is 62.4 Å². The number of rotatable bonds is 5. The van der Waals surface area contributed by atoms with Crippen LogP contribution < -0.4 is 4.74 Å². The van der Waals surface area contributed by atoms with E-state index < -0.39 is 0 Å². The number of aryl methyl sites for hydroxylation is 2. The van der Waals surface area contributed by atoms with Crippen molar-refractivity contribution in [1.29, 1.82) is 0 Å². The molecule has 0 N–H and O–H groups in total. The van der Waals surface area contributed by atoms with Gasteiger partial charge < -0.3 is 4.74 Å². The molecule has 0 aliphatic heterocycles. The number of hydrogen-bond donors (Lipinski definition) is 0. The van der Waals surface area contributed by atoms with Crippen molar-refractivity contribution in [1.82, 2.24) is 9.97 Å². The van der Waals surface area contributed by atoms with Crippen molar-refractivity contribution >= 4 is 10.9 Å². The Kier molecular flexibility index (Phi) is 5.30. The van der Waals surface area contributed by atoms with E-state index in [1.54, 1.807) is 0 Å². The number of nitrogens with zero attached hydrogens (tertiary/aromatic N) is 2. The SMILES string of the molecule is CCc1cc(-c2ccc(-c3ccc(OC(C)C)cc3)cn2)nc2ccc(C)cc12. The van der Waals surface area contributed by atoms with Crippen molar-refractivity contribution in [2.75, 3.05) is 0 Å². The Hall–Kier alpha value is -3.20. The third kappa shape index (κ3) is 4.14. The zero-order chi connectivity index (χ0) is 20.4. The van der Waals surface area contributed by atoms with Gasteiger partial charge in [0.25, 0.3) is 0 Å². The molecule has 0 unspecified atom stereocenters. The minimum atomic E-state index is 0.174. The standard InChI is InChI=1S/C26H26N2O/c1-5-19-15-26(28-24-12-6-18(4)14-23(19)24)25-13-9-21(16-27-25)20-7-10-22(11-8-20)29-17(2)3/h6-17H,5H2,1-4H3. The van der Waals surface area contributed by atoms with Crippen LogP contribution in [0, 0.1) is 6.92 Å². The Bertz CT molecular complexity index is 1130. The first-order chi connectivity index (χ1) is 14.0. The molecule has 2 aromatic carbocycles. The summed E-state index contributed by atoms with van der Waals surface area (Å²) in [4.78, 5) is 9.56. The lowest BCUT2D eigenvalue weighted by Gasteiger charge is -2.11. The summed E-state index contributed by atoms with van der Waals surface area (Å²) in [6.07, 6.45) is 3.06. The van der Waals surface area contributed by atoms with Gasteiger partial charge in [-0.1, -0.05) is 36.8 Å². The fourth-order valence-electron chi connectivity index (χ4n) is 3.55. The van der Waals surface area contributed by atoms with E-state index in [4.69, 9.17) is 14.7 Å². The second-order valence-corrected chi connectivity index (χ2v) is 7.66. The molecule has 0 fully saturated rings. The third-order valence-corrected chi connectivity index (χ3v) is 5.02. The molecule has 0 amide bonds. The van der Waals surface area contributed by atoms with E-state index >= 15 is 0 Å². The number of benzene rings is 2. The summed E-state index contributed by atoms with van der Waals surface area (Å²) in [7, 11) is 0. The predicted molar refractivity (Wildman–Crippen MR) is 120 cm³/mol. The van der Waals surface area contributed by atoms with Gasteiger partial charge in [0.05, 0.1) is 23.0 Å². The number of fused-ring (bicyclic) bond motifs is 1. The molecule has 0 saturated heterocycles. The first kappa shape index (κ1) is 19.1. The maximum Gasteiger partial charge on any atom is 0.119 e. The number of aromatic nitrogens is 2. The van der Waals surface area contributed by atoms with Crippen LogP contribution in [0.5, 0.6) is 5.75 Å². The molecule has 0 radical (unpaired) electrons. The average molecular weight is 383 g/mol. The van der Waals surface area contributed by atoms with Gasteiger partial charge in [0.15, 0.2) is 0 Å². The first-order valence-corrected chi connectivity index (χ1v) is 10.2. The van der Waals surface area contributed by atoms with Crippen LogP contribution in [0.2, 0.25) is 0 Å². The molecule has 4 rings (SSSR count). The Labute approximate surface area is 172 Å². The maximum absolute atomic E-state index is 5.72. The molecule has 3 nitrogen and oxygen atoms in total. The molecule has 0 bridgehead atoms. The Morgan fingerprint density at radius 3 is 2.28 bits per heavy atom. The molecule has 29 heavy (non-hydrogen) atoms. The van der Waals surface area contributed by atoms with Crippen LogP contribution in [0.4, 0.5) is 0 Å². The molecule has 0 aliphatic carbocycles. The first-order valence-electron chi connectivity index (χ1n) is 10.2. The van der Waals surface area contributed by atoms with E-state index in [9.17, 15) is 0 Å². The van der Waals surface area contributed by atoms with Gasteiger partial charge in [-0.2, -0.15) is 0 Å². The molecule has 4 aromatic rings. The van der Waals surface area contributed by atoms with Crippen LogP contribution in [0.25, 0.3) is 33.4 Å². The molecular weight excluding hydrogens is 356 g/mol. The molecule has 0 saturated carbocycles. The zero-order valence-corrected chi connectivity index (χ0v) is 17.4. The van der Waals surface area contributed by atoms with Gasteiger partial charge in [0.2, 0.25) is 0 Å². The van der Waals surface area contributed by atoms with E-state index in [0.29, 0.717) is 0 Å². The average Bonchev–Trinajstić information content (AvgIpc) is 2.73. The monoisotopic (exact) mass is 382 g/mol. The van der Waals surface area contributed by atoms with Crippen molar-refractivity contribution in [2.24, 2.45) is 0 Å². The molecule has 0 atom stereocenters. The van der Waals surface area contributed by atoms with Gasteiger partial charge in [-0.05, 0) is 74.7 Å². The van der Waals surface area contributed by atoms with Crippen molar-refractivity contribution in [3.63, 3.8) is 0 Å². The van der Waals surface area contributed by atoms with E-state index in [-0.39, 0.29) is 6.10 Å². The summed E-state index contributed by atoms with van der Waals surface area (Å²) in [6.45, 7) is 8.36. The highest BCUT2D eigenvalue weighted by molar-refractivity contribution is 5.85.